The molecule has 1 aromatic rings. The number of carboxylic acid groups (broad SMARTS) is 1. The number of hydrogen-bond acceptors (Lipinski definition) is 7. The van der Waals surface area contributed by atoms with Crippen molar-refractivity contribution in [1.29, 1.82) is 0 Å². The number of nitrogens with zero attached hydrogens (tertiary/aromatic N) is 4. The van der Waals surface area contributed by atoms with E-state index >= 15 is 0 Å². The molecule has 2 heterocycles. The fraction of sp³-hybridized carbons (Fsp3) is 0.429. The third-order valence-corrected chi connectivity index (χ3v) is 2.94. The fourth-order valence-electron chi connectivity index (χ4n) is 1.56. The summed E-state index contributed by atoms with van der Waals surface area (Å²) in [6.45, 7) is 5.78. The van der Waals surface area contributed by atoms with E-state index in [4.69, 9.17) is 27.3 Å². The van der Waals surface area contributed by atoms with Gasteiger partial charge in [0.2, 0.25) is 0 Å². The molecule has 23 heavy (non-hydrogen) atoms. The van der Waals surface area contributed by atoms with E-state index in [1.807, 2.05) is 30.0 Å². The van der Waals surface area contributed by atoms with Crippen LogP contribution in [0.25, 0.3) is 0 Å². The first kappa shape index (κ1) is 21.4. The maximum atomic E-state index is 8.89. The van der Waals surface area contributed by atoms with E-state index in [0.717, 1.165) is 31.4 Å². The van der Waals surface area contributed by atoms with Crippen LogP contribution in [0.5, 0.6) is 0 Å². The molecule has 0 bridgehead atoms. The molecule has 9 heteroatoms. The Kier molecular flexibility index (Phi) is 11.1. The summed E-state index contributed by atoms with van der Waals surface area (Å²) in [4.78, 5) is 15.1. The van der Waals surface area contributed by atoms with E-state index < -0.39 is 5.97 Å². The first-order valence-corrected chi connectivity index (χ1v) is 7.12. The second kappa shape index (κ2) is 11.9. The molecule has 0 saturated carbocycles. The summed E-state index contributed by atoms with van der Waals surface area (Å²) < 4.78 is 5.26. The first-order chi connectivity index (χ1) is 10.5. The molecule has 1 aliphatic rings. The number of aromatic nitrogens is 1. The second-order valence-electron chi connectivity index (χ2n) is 4.37. The summed E-state index contributed by atoms with van der Waals surface area (Å²) in [5.41, 5.74) is 1.57. The van der Waals surface area contributed by atoms with E-state index in [2.05, 4.69) is 15.2 Å². The minimum atomic E-state index is -1.08. The van der Waals surface area contributed by atoms with Crippen molar-refractivity contribution in [2.75, 3.05) is 26.3 Å². The van der Waals surface area contributed by atoms with Crippen LogP contribution in [-0.2, 0) is 38.7 Å². The van der Waals surface area contributed by atoms with E-state index in [1.165, 1.54) is 0 Å². The first-order valence-electron chi connectivity index (χ1n) is 6.71. The topological polar surface area (TPSA) is 90.2 Å². The maximum Gasteiger partial charge on any atom is 2.00 e. The molecule has 0 aliphatic carbocycles. The summed E-state index contributed by atoms with van der Waals surface area (Å²) in [7, 11) is 0. The number of pyridine rings is 1. The SMILES string of the molecule is C/C(=N/N=C(/[S-])N1CCOCC1)c1ccccn1.CC(=O)[O-].[Ni+2]. The minimum Gasteiger partial charge on any atom is -0.741 e. The summed E-state index contributed by atoms with van der Waals surface area (Å²) >= 11 is 5.22. The van der Waals surface area contributed by atoms with Crippen LogP contribution < -0.4 is 5.11 Å². The molecule has 1 aliphatic heterocycles. The number of carbonyl (C=O) groups is 1. The Morgan fingerprint density at radius 1 is 1.30 bits per heavy atom. The van der Waals surface area contributed by atoms with Crippen molar-refractivity contribution in [3.63, 3.8) is 0 Å². The Bertz CT molecular complexity index is 530. The predicted octanol–water partition coefficient (Wildman–Crippen LogP) is -0.206. The quantitative estimate of drug-likeness (QED) is 0.232. The van der Waals surface area contributed by atoms with Gasteiger partial charge in [-0.25, -0.2) is 0 Å². The van der Waals surface area contributed by atoms with Gasteiger partial charge in [-0.05, 0) is 26.0 Å². The van der Waals surface area contributed by atoms with Gasteiger partial charge in [-0.3, -0.25) is 4.98 Å². The van der Waals surface area contributed by atoms with Gasteiger partial charge in [-0.2, -0.15) is 10.2 Å². The summed E-state index contributed by atoms with van der Waals surface area (Å²) in [6, 6.07) is 5.68. The monoisotopic (exact) mass is 380 g/mol. The standard InChI is InChI=1S/C12H16N4OS.C2H4O2.Ni/c1-10(11-4-2-3-5-13-11)14-15-12(18)16-6-8-17-9-7-16;1-2(3)4;/h2-5H,6-9H2,1H3,(H,15,18);1H3,(H,3,4);/q;;+2/p-2/b14-10-;;. The average Bonchev–Trinajstić information content (AvgIpc) is 2.53. The molecular weight excluding hydrogens is 363 g/mol. The zero-order valence-electron chi connectivity index (χ0n) is 12.9. The van der Waals surface area contributed by atoms with Gasteiger partial charge in [0.25, 0.3) is 0 Å². The van der Waals surface area contributed by atoms with Crippen molar-refractivity contribution >= 4 is 29.5 Å². The van der Waals surface area contributed by atoms with Gasteiger partial charge in [0.1, 0.15) is 0 Å². The van der Waals surface area contributed by atoms with Gasteiger partial charge in [0.15, 0.2) is 0 Å². The molecule has 128 valence electrons. The molecule has 0 unspecified atom stereocenters. The maximum absolute atomic E-state index is 8.89. The Morgan fingerprint density at radius 2 is 1.91 bits per heavy atom. The van der Waals surface area contributed by atoms with Crippen molar-refractivity contribution in [3.8, 4) is 0 Å². The van der Waals surface area contributed by atoms with Crippen LogP contribution in [0, 0.1) is 0 Å². The van der Waals surface area contributed by atoms with Crippen molar-refractivity contribution in [1.82, 2.24) is 9.88 Å². The Morgan fingerprint density at radius 3 is 2.43 bits per heavy atom. The number of aliphatic carboxylic acids is 1. The fourth-order valence-corrected chi connectivity index (χ4v) is 1.79. The smallest absolute Gasteiger partial charge is 0.741 e. The number of rotatable bonds is 2. The molecule has 0 atom stereocenters. The van der Waals surface area contributed by atoms with Crippen LogP contribution in [0.15, 0.2) is 34.6 Å². The Balaban J connectivity index is 0.000000871. The second-order valence-corrected chi connectivity index (χ2v) is 4.74. The van der Waals surface area contributed by atoms with Gasteiger partial charge in [0, 0.05) is 30.4 Å². The normalized spacial score (nSPS) is 15.1. The molecule has 1 fully saturated rings. The number of morpholine rings is 1. The van der Waals surface area contributed by atoms with Crippen LogP contribution in [0.3, 0.4) is 0 Å². The molecule has 0 radical (unpaired) electrons. The van der Waals surface area contributed by atoms with Crippen LogP contribution in [0.2, 0.25) is 0 Å². The molecule has 0 aromatic carbocycles. The van der Waals surface area contributed by atoms with Gasteiger partial charge in [0.05, 0.1) is 24.6 Å². The van der Waals surface area contributed by atoms with Gasteiger partial charge >= 0.3 is 16.5 Å². The Labute approximate surface area is 151 Å². The van der Waals surface area contributed by atoms with E-state index in [9.17, 15) is 0 Å². The van der Waals surface area contributed by atoms with Crippen LogP contribution in [-0.4, -0.2) is 53.0 Å². The number of amidine groups is 1. The minimum absolute atomic E-state index is 0. The molecule has 0 spiro atoms. The number of ether oxygens (including phenoxy) is 1. The van der Waals surface area contributed by atoms with Crippen molar-refractivity contribution in [3.05, 3.63) is 30.1 Å². The average molecular weight is 381 g/mol. The third-order valence-electron chi connectivity index (χ3n) is 2.60. The molecule has 7 nitrogen and oxygen atoms in total. The number of carboxylic acids is 1. The largest absolute Gasteiger partial charge is 2.00 e. The molecule has 2 rings (SSSR count). The zero-order valence-corrected chi connectivity index (χ0v) is 14.7. The summed E-state index contributed by atoms with van der Waals surface area (Å²) in [5, 5.41) is 17.6. The van der Waals surface area contributed by atoms with Crippen LogP contribution in [0.1, 0.15) is 19.5 Å². The van der Waals surface area contributed by atoms with Crippen molar-refractivity contribution < 1.29 is 31.1 Å². The molecule has 0 amide bonds. The van der Waals surface area contributed by atoms with Gasteiger partial charge in [-0.15, -0.1) is 0 Å². The van der Waals surface area contributed by atoms with E-state index in [-0.39, 0.29) is 16.5 Å². The van der Waals surface area contributed by atoms with Crippen LogP contribution in [0.4, 0.5) is 0 Å². The van der Waals surface area contributed by atoms with E-state index in [0.29, 0.717) is 18.4 Å². The summed E-state index contributed by atoms with van der Waals surface area (Å²) in [6.07, 6.45) is 1.73. The zero-order chi connectivity index (χ0) is 16.4. The number of hydrogen-bond donors (Lipinski definition) is 0. The number of carbonyl (C=O) groups excluding carboxylic acids is 1. The summed E-state index contributed by atoms with van der Waals surface area (Å²) in [5.74, 6) is -1.08. The van der Waals surface area contributed by atoms with Crippen molar-refractivity contribution in [2.45, 2.75) is 13.8 Å². The molecule has 1 aromatic heterocycles. The Hall–Kier alpha value is -1.57. The van der Waals surface area contributed by atoms with Crippen molar-refractivity contribution in [2.24, 2.45) is 10.2 Å². The van der Waals surface area contributed by atoms with Gasteiger partial charge < -0.3 is 32.2 Å². The van der Waals surface area contributed by atoms with Gasteiger partial charge in [-0.1, -0.05) is 6.07 Å². The molecule has 1 saturated heterocycles. The van der Waals surface area contributed by atoms with E-state index in [1.54, 1.807) is 6.20 Å². The predicted molar refractivity (Wildman–Crippen MR) is 84.3 cm³/mol. The molecule has 0 N–H and O–H groups in total. The van der Waals surface area contributed by atoms with Crippen LogP contribution >= 0.6 is 0 Å². The third kappa shape index (κ3) is 9.23. The molecular formula is C14H18N4NiO3S.